The van der Waals surface area contributed by atoms with Crippen LogP contribution in [-0.2, 0) is 0 Å². The molecular formula is C13H8F3IN4S. The molecule has 4 nitrogen and oxygen atoms in total. The van der Waals surface area contributed by atoms with Gasteiger partial charge in [-0.25, -0.2) is 23.1 Å². The number of rotatable bonds is 3. The molecule has 1 aromatic carbocycles. The van der Waals surface area contributed by atoms with Gasteiger partial charge in [-0.05, 0) is 6.07 Å². The summed E-state index contributed by atoms with van der Waals surface area (Å²) >= 11 is 1.98. The molecule has 3 aromatic rings. The van der Waals surface area contributed by atoms with Crippen LogP contribution >= 0.6 is 30.3 Å². The van der Waals surface area contributed by atoms with E-state index in [9.17, 15) is 13.2 Å². The summed E-state index contributed by atoms with van der Waals surface area (Å²) in [6, 6.07) is 2.03. The SMILES string of the molecule is CNc1nc(-c2cn(SI)c3c(F)cc(F)cc23)ncc1F. The van der Waals surface area contributed by atoms with E-state index >= 15 is 0 Å². The predicted molar refractivity (Wildman–Crippen MR) is 89.4 cm³/mol. The summed E-state index contributed by atoms with van der Waals surface area (Å²) in [6.45, 7) is 0. The maximum Gasteiger partial charge on any atom is 0.183 e. The van der Waals surface area contributed by atoms with Gasteiger partial charge in [0.1, 0.15) is 5.82 Å². The minimum absolute atomic E-state index is 0.0184. The van der Waals surface area contributed by atoms with Crippen molar-refractivity contribution < 1.29 is 13.2 Å². The lowest BCUT2D eigenvalue weighted by molar-refractivity contribution is 0.590. The number of anilines is 1. The van der Waals surface area contributed by atoms with Crippen molar-refractivity contribution >= 4 is 47.0 Å². The smallest absolute Gasteiger partial charge is 0.183 e. The summed E-state index contributed by atoms with van der Waals surface area (Å²) in [5.74, 6) is -1.77. The quantitative estimate of drug-likeness (QED) is 0.619. The summed E-state index contributed by atoms with van der Waals surface area (Å²) in [5.41, 5.74) is 0.656. The second-order valence-corrected chi connectivity index (χ2v) is 6.07. The largest absolute Gasteiger partial charge is 0.371 e. The van der Waals surface area contributed by atoms with E-state index in [2.05, 4.69) is 15.3 Å². The number of aromatic nitrogens is 3. The lowest BCUT2D eigenvalue weighted by atomic mass is 10.1. The van der Waals surface area contributed by atoms with Gasteiger partial charge < -0.3 is 5.32 Å². The van der Waals surface area contributed by atoms with Crippen LogP contribution in [0.15, 0.2) is 24.5 Å². The fraction of sp³-hybridized carbons (Fsp3) is 0.0769. The molecule has 0 spiro atoms. The van der Waals surface area contributed by atoms with E-state index in [1.165, 1.54) is 22.2 Å². The standard InChI is InChI=1S/C13H8F3IN4S/c1-18-13-10(16)4-19-12(20-13)8-5-21(22-17)11-7(8)2-6(14)3-9(11)15/h2-5H,1H3,(H,18,19,20). The Labute approximate surface area is 139 Å². The van der Waals surface area contributed by atoms with Crippen LogP contribution in [0.5, 0.6) is 0 Å². The molecule has 0 atom stereocenters. The lowest BCUT2D eigenvalue weighted by Crippen LogP contribution is -1.99. The summed E-state index contributed by atoms with van der Waals surface area (Å²) < 4.78 is 42.6. The molecule has 0 bridgehead atoms. The van der Waals surface area contributed by atoms with Gasteiger partial charge in [-0.1, -0.05) is 0 Å². The van der Waals surface area contributed by atoms with E-state index in [1.54, 1.807) is 10.2 Å². The van der Waals surface area contributed by atoms with Gasteiger partial charge in [0.25, 0.3) is 0 Å². The van der Waals surface area contributed by atoms with Crippen molar-refractivity contribution in [1.82, 2.24) is 13.9 Å². The van der Waals surface area contributed by atoms with Gasteiger partial charge in [0.05, 0.1) is 11.7 Å². The number of benzene rings is 1. The maximum atomic E-state index is 14.0. The molecule has 0 aliphatic heterocycles. The summed E-state index contributed by atoms with van der Waals surface area (Å²) in [5, 5.41) is 2.94. The van der Waals surface area contributed by atoms with Gasteiger partial charge in [0, 0.05) is 60.6 Å². The monoisotopic (exact) mass is 436 g/mol. The third-order valence-corrected chi connectivity index (χ3v) is 4.79. The Bertz CT molecular complexity index is 868. The first-order chi connectivity index (χ1) is 10.5. The fourth-order valence-corrected chi connectivity index (χ4v) is 3.48. The van der Waals surface area contributed by atoms with Crippen molar-refractivity contribution in [3.63, 3.8) is 0 Å². The third kappa shape index (κ3) is 2.51. The zero-order valence-electron chi connectivity index (χ0n) is 11.1. The van der Waals surface area contributed by atoms with Crippen LogP contribution in [-0.4, -0.2) is 21.0 Å². The average Bonchev–Trinajstić information content (AvgIpc) is 2.86. The van der Waals surface area contributed by atoms with E-state index in [4.69, 9.17) is 0 Å². The van der Waals surface area contributed by atoms with Crippen LogP contribution in [0.4, 0.5) is 19.0 Å². The Morgan fingerprint density at radius 3 is 2.68 bits per heavy atom. The summed E-state index contributed by atoms with van der Waals surface area (Å²) in [7, 11) is 2.75. The highest BCUT2D eigenvalue weighted by molar-refractivity contribution is 14.2. The van der Waals surface area contributed by atoms with Crippen LogP contribution in [0.1, 0.15) is 0 Å². The molecule has 0 aliphatic carbocycles. The Balaban J connectivity index is 2.31. The van der Waals surface area contributed by atoms with Crippen molar-refractivity contribution in [3.8, 4) is 11.4 Å². The number of fused-ring (bicyclic) bond motifs is 1. The second-order valence-electron chi connectivity index (χ2n) is 4.36. The number of nitrogens with one attached hydrogen (secondary N) is 1. The number of halogens is 4. The molecule has 0 saturated heterocycles. The Morgan fingerprint density at radius 2 is 2.00 bits per heavy atom. The first kappa shape index (κ1) is 15.4. The van der Waals surface area contributed by atoms with Crippen molar-refractivity contribution in [2.75, 3.05) is 12.4 Å². The Kier molecular flexibility index (Phi) is 4.17. The van der Waals surface area contributed by atoms with Crippen LogP contribution in [0.2, 0.25) is 0 Å². The molecule has 22 heavy (non-hydrogen) atoms. The molecule has 0 amide bonds. The zero-order valence-corrected chi connectivity index (χ0v) is 14.0. The van der Waals surface area contributed by atoms with E-state index in [0.29, 0.717) is 10.9 Å². The van der Waals surface area contributed by atoms with Crippen molar-refractivity contribution in [3.05, 3.63) is 42.0 Å². The van der Waals surface area contributed by atoms with Crippen molar-refractivity contribution in [1.29, 1.82) is 0 Å². The topological polar surface area (TPSA) is 42.7 Å². The third-order valence-electron chi connectivity index (χ3n) is 3.08. The first-order valence-electron chi connectivity index (χ1n) is 6.05. The second kappa shape index (κ2) is 5.95. The van der Waals surface area contributed by atoms with Gasteiger partial charge in [-0.15, -0.1) is 0 Å². The highest BCUT2D eigenvalue weighted by Crippen LogP contribution is 2.35. The number of nitrogens with zero attached hydrogens (tertiary/aromatic N) is 3. The van der Waals surface area contributed by atoms with Crippen molar-refractivity contribution in [2.24, 2.45) is 0 Å². The lowest BCUT2D eigenvalue weighted by Gasteiger charge is -2.03. The molecule has 0 saturated carbocycles. The molecule has 0 unspecified atom stereocenters. The molecule has 0 radical (unpaired) electrons. The fourth-order valence-electron chi connectivity index (χ4n) is 2.15. The summed E-state index contributed by atoms with van der Waals surface area (Å²) in [4.78, 5) is 7.97. The number of hydrogen-bond donors (Lipinski definition) is 1. The predicted octanol–water partition coefficient (Wildman–Crippen LogP) is 4.40. The molecule has 0 aliphatic rings. The number of hydrogen-bond acceptors (Lipinski definition) is 4. The van der Waals surface area contributed by atoms with Crippen LogP contribution in [0, 0.1) is 17.5 Å². The van der Waals surface area contributed by atoms with Gasteiger partial charge in [-0.2, -0.15) is 0 Å². The van der Waals surface area contributed by atoms with Crippen molar-refractivity contribution in [2.45, 2.75) is 0 Å². The zero-order chi connectivity index (χ0) is 15.9. The molecule has 9 heteroatoms. The van der Waals surface area contributed by atoms with Gasteiger partial charge in [0.2, 0.25) is 0 Å². The minimum Gasteiger partial charge on any atom is -0.371 e. The van der Waals surface area contributed by atoms with E-state index < -0.39 is 17.5 Å². The van der Waals surface area contributed by atoms with Gasteiger partial charge >= 0.3 is 0 Å². The molecule has 1 N–H and O–H groups in total. The van der Waals surface area contributed by atoms with Gasteiger partial charge in [0.15, 0.2) is 23.3 Å². The Morgan fingerprint density at radius 1 is 1.23 bits per heavy atom. The molecular weight excluding hydrogens is 428 g/mol. The minimum atomic E-state index is -0.696. The highest BCUT2D eigenvalue weighted by Gasteiger charge is 2.18. The molecule has 2 aromatic heterocycles. The molecule has 114 valence electrons. The van der Waals surface area contributed by atoms with Crippen LogP contribution in [0.25, 0.3) is 22.3 Å². The van der Waals surface area contributed by atoms with E-state index in [0.717, 1.165) is 12.3 Å². The molecule has 3 rings (SSSR count). The van der Waals surface area contributed by atoms with Crippen LogP contribution < -0.4 is 5.32 Å². The summed E-state index contributed by atoms with van der Waals surface area (Å²) in [6.07, 6.45) is 2.61. The normalized spacial score (nSPS) is 11.1. The van der Waals surface area contributed by atoms with Gasteiger partial charge in [-0.3, -0.25) is 3.97 Å². The van der Waals surface area contributed by atoms with Crippen LogP contribution in [0.3, 0.4) is 0 Å². The average molecular weight is 436 g/mol. The maximum absolute atomic E-state index is 14.0. The molecule has 0 fully saturated rings. The first-order valence-corrected chi connectivity index (χ1v) is 9.36. The van der Waals surface area contributed by atoms with E-state index in [1.807, 2.05) is 21.2 Å². The Hall–Kier alpha value is -1.49. The molecule has 2 heterocycles. The highest BCUT2D eigenvalue weighted by atomic mass is 127. The van der Waals surface area contributed by atoms with E-state index in [-0.39, 0.29) is 17.2 Å².